The number of rotatable bonds is 2. The minimum Gasteiger partial charge on any atom is -0.316 e. The summed E-state index contributed by atoms with van der Waals surface area (Å²) in [7, 11) is 0. The summed E-state index contributed by atoms with van der Waals surface area (Å²) in [6, 6.07) is 11.6. The van der Waals surface area contributed by atoms with E-state index >= 15 is 0 Å². The van der Waals surface area contributed by atoms with Crippen LogP contribution in [0.1, 0.15) is 16.7 Å². The van der Waals surface area contributed by atoms with E-state index in [4.69, 9.17) is 0 Å². The van der Waals surface area contributed by atoms with Gasteiger partial charge in [-0.05, 0) is 41.0 Å². The molecule has 5 rings (SSSR count). The van der Waals surface area contributed by atoms with Gasteiger partial charge < -0.3 is 10.2 Å². The van der Waals surface area contributed by atoms with E-state index in [0.29, 0.717) is 24.5 Å². The zero-order chi connectivity index (χ0) is 20.7. The van der Waals surface area contributed by atoms with Crippen molar-refractivity contribution in [1.82, 2.24) is 4.90 Å². The predicted molar refractivity (Wildman–Crippen MR) is 110 cm³/mol. The summed E-state index contributed by atoms with van der Waals surface area (Å²) in [5.74, 6) is -0.970. The zero-order valence-corrected chi connectivity index (χ0v) is 15.9. The summed E-state index contributed by atoms with van der Waals surface area (Å²) >= 11 is 0. The number of fused-ring (bicyclic) bond motifs is 2. The van der Waals surface area contributed by atoms with Crippen LogP contribution in [0.3, 0.4) is 0 Å². The van der Waals surface area contributed by atoms with Crippen molar-refractivity contribution in [2.75, 3.05) is 5.32 Å². The molecule has 0 aromatic heterocycles. The third-order valence-electron chi connectivity index (χ3n) is 5.40. The second kappa shape index (κ2) is 7.18. The van der Waals surface area contributed by atoms with Gasteiger partial charge in [0, 0.05) is 24.3 Å². The number of carbonyl (C=O) groups is 2. The van der Waals surface area contributed by atoms with E-state index in [1.165, 1.54) is 12.1 Å². The Labute approximate surface area is 172 Å². The van der Waals surface area contributed by atoms with Crippen LogP contribution in [0.2, 0.25) is 0 Å². The maximum atomic E-state index is 13.4. The van der Waals surface area contributed by atoms with E-state index in [9.17, 15) is 14.0 Å². The highest BCUT2D eigenvalue weighted by Crippen LogP contribution is 2.34. The van der Waals surface area contributed by atoms with Crippen molar-refractivity contribution in [3.05, 3.63) is 94.8 Å². The van der Waals surface area contributed by atoms with Gasteiger partial charge in [0.2, 0.25) is 0 Å². The minimum atomic E-state index is -0.400. The minimum absolute atomic E-state index is 0.246. The molecule has 0 fully saturated rings. The molecule has 1 aliphatic carbocycles. The lowest BCUT2D eigenvalue weighted by molar-refractivity contribution is -0.119. The number of allylic oxidation sites excluding steroid dienone is 3. The normalized spacial score (nSPS) is 19.2. The van der Waals surface area contributed by atoms with Crippen LogP contribution in [-0.2, 0) is 17.9 Å². The van der Waals surface area contributed by atoms with Crippen LogP contribution in [0, 0.1) is 11.7 Å². The lowest BCUT2D eigenvalue weighted by atomic mass is 9.89. The van der Waals surface area contributed by atoms with Crippen LogP contribution in [0.4, 0.5) is 14.9 Å². The Morgan fingerprint density at radius 3 is 2.67 bits per heavy atom. The van der Waals surface area contributed by atoms with Crippen molar-refractivity contribution < 1.29 is 14.0 Å². The van der Waals surface area contributed by atoms with Crippen molar-refractivity contribution in [2.24, 2.45) is 16.1 Å². The molecule has 0 bridgehead atoms. The quantitative estimate of drug-likeness (QED) is 0.785. The second-order valence-corrected chi connectivity index (χ2v) is 7.34. The molecule has 2 aliphatic heterocycles. The number of nitrogens with one attached hydrogen (secondary N) is 1. The fraction of sp³-hybridized carbons (Fsp3) is 0.130. The molecule has 3 aliphatic rings. The van der Waals surface area contributed by atoms with Crippen LogP contribution in [0.15, 0.2) is 82.6 Å². The zero-order valence-electron chi connectivity index (χ0n) is 15.9. The van der Waals surface area contributed by atoms with Crippen LogP contribution in [-0.4, -0.2) is 16.8 Å². The summed E-state index contributed by atoms with van der Waals surface area (Å²) in [4.78, 5) is 26.2. The van der Waals surface area contributed by atoms with Crippen molar-refractivity contribution in [2.45, 2.75) is 13.1 Å². The number of urea groups is 1. The van der Waals surface area contributed by atoms with E-state index in [0.717, 1.165) is 22.3 Å². The van der Waals surface area contributed by atoms with Gasteiger partial charge in [0.25, 0.3) is 5.91 Å². The van der Waals surface area contributed by atoms with E-state index in [1.807, 2.05) is 36.4 Å². The van der Waals surface area contributed by atoms with Gasteiger partial charge in [-0.1, -0.05) is 42.5 Å². The maximum absolute atomic E-state index is 13.4. The van der Waals surface area contributed by atoms with Crippen molar-refractivity contribution in [1.29, 1.82) is 0 Å². The van der Waals surface area contributed by atoms with Crippen LogP contribution >= 0.6 is 0 Å². The summed E-state index contributed by atoms with van der Waals surface area (Å²) < 4.78 is 13.4. The Morgan fingerprint density at radius 2 is 1.83 bits per heavy atom. The second-order valence-electron chi connectivity index (χ2n) is 7.34. The monoisotopic (exact) mass is 400 g/mol. The van der Waals surface area contributed by atoms with Crippen LogP contribution < -0.4 is 5.32 Å². The average molecular weight is 400 g/mol. The van der Waals surface area contributed by atoms with Crippen molar-refractivity contribution >= 4 is 23.3 Å². The maximum Gasteiger partial charge on any atom is 0.322 e. The number of hydrogen-bond acceptors (Lipinski definition) is 3. The Bertz CT molecular complexity index is 1180. The number of amides is 3. The molecule has 0 saturated heterocycles. The molecule has 0 radical (unpaired) electrons. The van der Waals surface area contributed by atoms with Crippen molar-refractivity contribution in [3.8, 4) is 0 Å². The fourth-order valence-corrected chi connectivity index (χ4v) is 3.85. The lowest BCUT2D eigenvalue weighted by Gasteiger charge is -2.20. The number of benzene rings is 2. The predicted octanol–water partition coefficient (Wildman–Crippen LogP) is 4.82. The first kappa shape index (κ1) is 18.2. The molecule has 1 atom stereocenters. The summed E-state index contributed by atoms with van der Waals surface area (Å²) in [6.07, 6.45) is 7.38. The Morgan fingerprint density at radius 1 is 1.03 bits per heavy atom. The molecule has 0 spiro atoms. The van der Waals surface area contributed by atoms with Gasteiger partial charge in [-0.15, -0.1) is 10.2 Å². The number of anilines is 1. The topological polar surface area (TPSA) is 74.1 Å². The highest BCUT2D eigenvalue weighted by Gasteiger charge is 2.28. The molecule has 2 aromatic carbocycles. The molecular formula is C23H17FN4O2. The molecule has 6 nitrogen and oxygen atoms in total. The van der Waals surface area contributed by atoms with E-state index < -0.39 is 5.92 Å². The molecule has 0 saturated carbocycles. The summed E-state index contributed by atoms with van der Waals surface area (Å²) in [5.41, 5.74) is 4.70. The molecule has 3 amide bonds. The summed E-state index contributed by atoms with van der Waals surface area (Å²) in [6.45, 7) is 0.828. The SMILES string of the molecule is O=C1N=NC(c2ccc(NC(=O)N3Cc4ccc(F)cc4C3)cc2)=C2C=CC=CC12. The molecule has 1 unspecified atom stereocenters. The van der Waals surface area contributed by atoms with E-state index in [2.05, 4.69) is 15.5 Å². The summed E-state index contributed by atoms with van der Waals surface area (Å²) in [5, 5.41) is 10.7. The molecule has 1 N–H and O–H groups in total. The van der Waals surface area contributed by atoms with Crippen molar-refractivity contribution in [3.63, 3.8) is 0 Å². The van der Waals surface area contributed by atoms with Gasteiger partial charge in [0.05, 0.1) is 11.6 Å². The highest BCUT2D eigenvalue weighted by atomic mass is 19.1. The largest absolute Gasteiger partial charge is 0.322 e. The molecular weight excluding hydrogens is 383 g/mol. The lowest BCUT2D eigenvalue weighted by Crippen LogP contribution is -2.30. The Balaban J connectivity index is 1.31. The Hall–Kier alpha value is -3.87. The fourth-order valence-electron chi connectivity index (χ4n) is 3.85. The molecule has 2 aromatic rings. The Kier molecular flexibility index (Phi) is 4.35. The van der Waals surface area contributed by atoms with Gasteiger partial charge in [-0.3, -0.25) is 4.79 Å². The van der Waals surface area contributed by atoms with E-state index in [-0.39, 0.29) is 17.8 Å². The molecule has 2 heterocycles. The van der Waals surface area contributed by atoms with Gasteiger partial charge in [0.1, 0.15) is 5.82 Å². The number of azo groups is 1. The highest BCUT2D eigenvalue weighted by molar-refractivity contribution is 5.92. The third-order valence-corrected chi connectivity index (χ3v) is 5.40. The first-order valence-electron chi connectivity index (χ1n) is 9.57. The average Bonchev–Trinajstić information content (AvgIpc) is 3.18. The first-order valence-corrected chi connectivity index (χ1v) is 9.57. The first-order chi connectivity index (χ1) is 14.6. The number of hydrogen-bond donors (Lipinski definition) is 1. The third kappa shape index (κ3) is 3.24. The van der Waals surface area contributed by atoms with Gasteiger partial charge >= 0.3 is 6.03 Å². The standard InChI is InChI=1S/C23H17FN4O2/c24-17-8-5-15-12-28(13-16(15)11-17)23(30)25-18-9-6-14(7-10-18)21-19-3-1-2-4-20(19)22(29)27-26-21/h1-11,20H,12-13H2,(H,25,30). The number of carbonyl (C=O) groups excluding carboxylic acids is 2. The van der Waals surface area contributed by atoms with Gasteiger partial charge in [0.15, 0.2) is 0 Å². The van der Waals surface area contributed by atoms with Gasteiger partial charge in [-0.25, -0.2) is 9.18 Å². The molecule has 30 heavy (non-hydrogen) atoms. The molecule has 7 heteroatoms. The number of halogens is 1. The van der Waals surface area contributed by atoms with Gasteiger partial charge in [-0.2, -0.15) is 0 Å². The number of nitrogens with zero attached hydrogens (tertiary/aromatic N) is 3. The van der Waals surface area contributed by atoms with E-state index in [1.54, 1.807) is 23.1 Å². The molecule has 148 valence electrons. The van der Waals surface area contributed by atoms with Crippen LogP contribution in [0.5, 0.6) is 0 Å². The van der Waals surface area contributed by atoms with Crippen LogP contribution in [0.25, 0.3) is 5.70 Å². The smallest absolute Gasteiger partial charge is 0.316 e.